The minimum Gasteiger partial charge on any atom is -0.373 e. The number of carbonyl (C=O) groups excluding carboxylic acids is 7. The van der Waals surface area contributed by atoms with Crippen LogP contribution in [0.3, 0.4) is 0 Å². The average molecular weight is 925 g/mol. The summed E-state index contributed by atoms with van der Waals surface area (Å²) in [5.74, 6) is -6.67. The Morgan fingerprint density at radius 2 is 1.71 bits per heavy atom. The van der Waals surface area contributed by atoms with E-state index in [0.29, 0.717) is 21.9 Å². The number of likely N-dealkylation sites (N-methyl/N-ethyl adjacent to an activating group) is 2. The molecule has 2 fully saturated rings. The molecule has 0 spiro atoms. The standard InChI is InChI=1S/C41H59Cl2F4N7O8/c1-9-27(49-33(56)31-20-25(44)21-54(31)38(61)40(7,62)41(45,46)47)35(58)52(8)29-13-11-12-16-48-37(60)39(5,6)51-34(57)30(19-23-18-24(42)14-15-26(23)43)53(10-2)36(59)28(17-22(3)4)50-32(29)55/h14-15,18,22,25,27-31,62H,9-13,16-17,19-21H2,1-8H3,(H,48,60)(H,49,56)(H,50,55)(H,51,57)/t25-,27+,28+,29+,30+,31+,40-/m1/s1. The molecular weight excluding hydrogens is 865 g/mol. The van der Waals surface area contributed by atoms with Gasteiger partial charge in [0.25, 0.3) is 5.91 Å². The summed E-state index contributed by atoms with van der Waals surface area (Å²) in [5.41, 5.74) is -4.93. The van der Waals surface area contributed by atoms with E-state index in [1.165, 1.54) is 32.7 Å². The van der Waals surface area contributed by atoms with Crippen LogP contribution < -0.4 is 21.3 Å². The predicted octanol–water partition coefficient (Wildman–Crippen LogP) is 3.45. The highest BCUT2D eigenvalue weighted by atomic mass is 35.5. The van der Waals surface area contributed by atoms with Crippen LogP contribution in [-0.4, -0.2) is 142 Å². The Balaban J connectivity index is 2.00. The van der Waals surface area contributed by atoms with E-state index in [9.17, 15) is 56.2 Å². The number of hydrogen-bond acceptors (Lipinski definition) is 8. The van der Waals surface area contributed by atoms with Gasteiger partial charge in [-0.05, 0) is 89.5 Å². The maximum absolute atomic E-state index is 14.6. The lowest BCUT2D eigenvalue weighted by atomic mass is 9.97. The van der Waals surface area contributed by atoms with Gasteiger partial charge < -0.3 is 41.1 Å². The summed E-state index contributed by atoms with van der Waals surface area (Å²) in [5, 5.41) is 21.3. The number of amides is 7. The zero-order chi connectivity index (χ0) is 47.1. The van der Waals surface area contributed by atoms with Crippen LogP contribution in [0.15, 0.2) is 18.2 Å². The molecule has 348 valence electrons. The van der Waals surface area contributed by atoms with Gasteiger partial charge in [-0.25, -0.2) is 4.39 Å². The smallest absolute Gasteiger partial charge is 0.373 e. The third-order valence-electron chi connectivity index (χ3n) is 11.2. The van der Waals surface area contributed by atoms with Crippen molar-refractivity contribution in [1.29, 1.82) is 0 Å². The number of carbonyl (C=O) groups is 7. The second-order valence-corrected chi connectivity index (χ2v) is 17.8. The summed E-state index contributed by atoms with van der Waals surface area (Å²) >= 11 is 12.8. The number of nitrogens with zero attached hydrogens (tertiary/aromatic N) is 3. The number of hydrogen-bond donors (Lipinski definition) is 5. The summed E-state index contributed by atoms with van der Waals surface area (Å²) < 4.78 is 55.2. The third kappa shape index (κ3) is 12.7. The summed E-state index contributed by atoms with van der Waals surface area (Å²) in [6.45, 7) is 9.20. The first kappa shape index (κ1) is 52.1. The van der Waals surface area contributed by atoms with E-state index in [1.807, 2.05) is 13.8 Å². The highest BCUT2D eigenvalue weighted by Crippen LogP contribution is 2.34. The predicted molar refractivity (Wildman–Crippen MR) is 222 cm³/mol. The molecule has 2 aliphatic rings. The van der Waals surface area contributed by atoms with Gasteiger partial charge in [-0.15, -0.1) is 0 Å². The molecule has 2 heterocycles. The maximum Gasteiger partial charge on any atom is 0.426 e. The molecule has 1 aromatic rings. The fourth-order valence-electron chi connectivity index (χ4n) is 7.44. The Morgan fingerprint density at radius 1 is 1.06 bits per heavy atom. The highest BCUT2D eigenvalue weighted by Gasteiger charge is 2.59. The van der Waals surface area contributed by atoms with Crippen LogP contribution in [0.1, 0.15) is 92.6 Å². The van der Waals surface area contributed by atoms with Gasteiger partial charge >= 0.3 is 6.18 Å². The van der Waals surface area contributed by atoms with Crippen molar-refractivity contribution in [3.8, 4) is 0 Å². The van der Waals surface area contributed by atoms with E-state index in [2.05, 4.69) is 21.3 Å². The van der Waals surface area contributed by atoms with Gasteiger partial charge in [0.05, 0.1) is 6.54 Å². The van der Waals surface area contributed by atoms with E-state index < -0.39 is 108 Å². The Kier molecular flexibility index (Phi) is 18.0. The first-order chi connectivity index (χ1) is 28.7. The second-order valence-electron chi connectivity index (χ2n) is 16.9. The zero-order valence-electron chi connectivity index (χ0n) is 36.3. The minimum absolute atomic E-state index is 0.00534. The van der Waals surface area contributed by atoms with E-state index in [1.54, 1.807) is 25.1 Å². The maximum atomic E-state index is 14.6. The van der Waals surface area contributed by atoms with Crippen LogP contribution in [-0.2, 0) is 40.0 Å². The lowest BCUT2D eigenvalue weighted by Gasteiger charge is -2.37. The Labute approximate surface area is 369 Å². The summed E-state index contributed by atoms with van der Waals surface area (Å²) in [7, 11) is 1.29. The van der Waals surface area contributed by atoms with Crippen molar-refractivity contribution < 1.29 is 56.2 Å². The first-order valence-electron chi connectivity index (χ1n) is 20.6. The van der Waals surface area contributed by atoms with E-state index >= 15 is 0 Å². The topological polar surface area (TPSA) is 198 Å². The van der Waals surface area contributed by atoms with Crippen molar-refractivity contribution in [2.45, 2.75) is 147 Å². The molecule has 3 rings (SSSR count). The van der Waals surface area contributed by atoms with Gasteiger partial charge in [0.2, 0.25) is 41.0 Å². The SMILES string of the molecule is CC[C@H](NC(=O)[C@@H]1C[C@@H](F)CN1C(=O)[C@@](C)(O)C(F)(F)F)C(=O)N(C)[C@H]1CCCCNC(=O)C(C)(C)NC(=O)[C@H](Cc2cc(Cl)ccc2Cl)N(CC)C(=O)[C@H](CC(C)C)NC1=O. The molecule has 0 aromatic heterocycles. The Bertz CT molecular complexity index is 1840. The fourth-order valence-corrected chi connectivity index (χ4v) is 7.83. The molecule has 7 atom stereocenters. The van der Waals surface area contributed by atoms with Crippen molar-refractivity contribution in [2.75, 3.05) is 26.7 Å². The van der Waals surface area contributed by atoms with E-state index in [-0.39, 0.29) is 63.1 Å². The summed E-state index contributed by atoms with van der Waals surface area (Å²) in [6, 6.07) is -2.30. The second kappa shape index (κ2) is 21.4. The molecule has 21 heteroatoms. The third-order valence-corrected chi connectivity index (χ3v) is 11.8. The lowest BCUT2D eigenvalue weighted by molar-refractivity contribution is -0.250. The van der Waals surface area contributed by atoms with Crippen LogP contribution in [0, 0.1) is 5.92 Å². The van der Waals surface area contributed by atoms with Gasteiger partial charge in [0.15, 0.2) is 0 Å². The number of likely N-dealkylation sites (tertiary alicyclic amines) is 1. The number of halogens is 6. The van der Waals surface area contributed by atoms with Crippen molar-refractivity contribution in [2.24, 2.45) is 5.92 Å². The molecule has 0 radical (unpaired) electrons. The van der Waals surface area contributed by atoms with Crippen molar-refractivity contribution >= 4 is 64.6 Å². The van der Waals surface area contributed by atoms with Crippen LogP contribution >= 0.6 is 23.2 Å². The Morgan fingerprint density at radius 3 is 2.29 bits per heavy atom. The normalized spacial score (nSPS) is 24.7. The molecule has 0 saturated carbocycles. The van der Waals surface area contributed by atoms with Crippen molar-refractivity contribution in [3.63, 3.8) is 0 Å². The van der Waals surface area contributed by atoms with Gasteiger partial charge in [0.1, 0.15) is 41.9 Å². The minimum atomic E-state index is -5.44. The van der Waals surface area contributed by atoms with Crippen LogP contribution in [0.5, 0.6) is 0 Å². The fraction of sp³-hybridized carbons (Fsp3) is 0.683. The quantitative estimate of drug-likeness (QED) is 0.208. The van der Waals surface area contributed by atoms with E-state index in [4.69, 9.17) is 23.2 Å². The molecule has 7 amide bonds. The van der Waals surface area contributed by atoms with Crippen molar-refractivity contribution in [3.05, 3.63) is 33.8 Å². The van der Waals surface area contributed by atoms with Crippen LogP contribution in [0.4, 0.5) is 17.6 Å². The molecule has 2 aliphatic heterocycles. The van der Waals surface area contributed by atoms with Gasteiger partial charge in [-0.1, -0.05) is 44.0 Å². The number of alkyl halides is 4. The van der Waals surface area contributed by atoms with Crippen LogP contribution in [0.25, 0.3) is 0 Å². The monoisotopic (exact) mass is 923 g/mol. The number of benzene rings is 1. The van der Waals surface area contributed by atoms with Gasteiger partial charge in [0, 0.05) is 43.0 Å². The molecule has 0 bridgehead atoms. The lowest BCUT2D eigenvalue weighted by Crippen LogP contribution is -2.63. The largest absolute Gasteiger partial charge is 0.426 e. The number of nitrogens with one attached hydrogen (secondary N) is 4. The highest BCUT2D eigenvalue weighted by molar-refractivity contribution is 6.33. The molecular formula is C41H59Cl2F4N7O8. The summed E-state index contributed by atoms with van der Waals surface area (Å²) in [4.78, 5) is 99.6. The van der Waals surface area contributed by atoms with Crippen LogP contribution in [0.2, 0.25) is 10.0 Å². The molecule has 0 aliphatic carbocycles. The first-order valence-corrected chi connectivity index (χ1v) is 21.4. The number of aliphatic hydroxyl groups is 1. The van der Waals surface area contributed by atoms with Crippen molar-refractivity contribution in [1.82, 2.24) is 36.0 Å². The molecule has 5 N–H and O–H groups in total. The zero-order valence-corrected chi connectivity index (χ0v) is 37.8. The summed E-state index contributed by atoms with van der Waals surface area (Å²) in [6.07, 6.45) is -7.58. The van der Waals surface area contributed by atoms with Gasteiger partial charge in [-0.3, -0.25) is 33.6 Å². The average Bonchev–Trinajstić information content (AvgIpc) is 3.58. The molecule has 1 aromatic carbocycles. The van der Waals surface area contributed by atoms with E-state index in [0.717, 1.165) is 4.90 Å². The Hall–Kier alpha value is -4.23. The van der Waals surface area contributed by atoms with Gasteiger partial charge in [-0.2, -0.15) is 13.2 Å². The molecule has 62 heavy (non-hydrogen) atoms. The molecule has 15 nitrogen and oxygen atoms in total. The molecule has 2 saturated heterocycles. The molecule has 0 unspecified atom stereocenters. The number of rotatable bonds is 11.